The summed E-state index contributed by atoms with van der Waals surface area (Å²) >= 11 is 0. The Morgan fingerprint density at radius 2 is 1.52 bits per heavy atom. The van der Waals surface area contributed by atoms with Gasteiger partial charge in [-0.1, -0.05) is 24.3 Å². The van der Waals surface area contributed by atoms with Crippen molar-refractivity contribution in [2.75, 3.05) is 0 Å². The van der Waals surface area contributed by atoms with Crippen LogP contribution in [0.4, 0.5) is 4.39 Å². The van der Waals surface area contributed by atoms with Crippen molar-refractivity contribution in [3.8, 4) is 0 Å². The molecule has 0 aliphatic carbocycles. The van der Waals surface area contributed by atoms with Gasteiger partial charge in [0.05, 0.1) is 11.2 Å². The molecule has 0 atom stereocenters. The number of halogens is 1. The maximum atomic E-state index is 14.0. The van der Waals surface area contributed by atoms with Gasteiger partial charge in [0.2, 0.25) is 0 Å². The lowest BCUT2D eigenvalue weighted by atomic mass is 9.75. The van der Waals surface area contributed by atoms with E-state index in [1.165, 1.54) is 12.1 Å². The van der Waals surface area contributed by atoms with E-state index in [4.69, 9.17) is 13.7 Å². The van der Waals surface area contributed by atoms with Crippen molar-refractivity contribution >= 4 is 45.3 Å². The van der Waals surface area contributed by atoms with Crippen molar-refractivity contribution < 1.29 is 18.1 Å². The van der Waals surface area contributed by atoms with Crippen molar-refractivity contribution in [1.29, 1.82) is 0 Å². The quantitative estimate of drug-likeness (QED) is 0.438. The molecule has 0 spiro atoms. The molecule has 0 saturated carbocycles. The van der Waals surface area contributed by atoms with Gasteiger partial charge in [0, 0.05) is 10.8 Å². The number of rotatable bonds is 1. The van der Waals surface area contributed by atoms with Crippen molar-refractivity contribution in [3.63, 3.8) is 0 Å². The molecule has 0 amide bonds. The first-order valence-electron chi connectivity index (χ1n) is 9.16. The van der Waals surface area contributed by atoms with E-state index in [0.717, 1.165) is 32.6 Å². The fourth-order valence-corrected chi connectivity index (χ4v) is 3.81. The molecular weight excluding hydrogens is 342 g/mol. The first kappa shape index (κ1) is 16.8. The first-order chi connectivity index (χ1) is 12.8. The Morgan fingerprint density at radius 3 is 2.26 bits per heavy atom. The zero-order valence-corrected chi connectivity index (χ0v) is 15.8. The first-order valence-corrected chi connectivity index (χ1v) is 9.16. The summed E-state index contributed by atoms with van der Waals surface area (Å²) in [5.41, 5.74) is 1.47. The Balaban J connectivity index is 1.85. The molecule has 0 radical (unpaired) electrons. The third-order valence-electron chi connectivity index (χ3n) is 5.98. The molecule has 27 heavy (non-hydrogen) atoms. The van der Waals surface area contributed by atoms with Gasteiger partial charge < -0.3 is 13.7 Å². The minimum absolute atomic E-state index is 0.282. The minimum Gasteiger partial charge on any atom is -0.456 e. The summed E-state index contributed by atoms with van der Waals surface area (Å²) in [4.78, 5) is 0. The summed E-state index contributed by atoms with van der Waals surface area (Å²) in [5.74, 6) is -0.282. The predicted octanol–water partition coefficient (Wildman–Crippen LogP) is 5.18. The van der Waals surface area contributed by atoms with Gasteiger partial charge in [-0.25, -0.2) is 4.39 Å². The lowest BCUT2D eigenvalue weighted by molar-refractivity contribution is 0.00578. The highest BCUT2D eigenvalue weighted by Gasteiger charge is 2.52. The largest absolute Gasteiger partial charge is 0.495 e. The maximum absolute atomic E-state index is 14.0. The van der Waals surface area contributed by atoms with Gasteiger partial charge in [-0.2, -0.15) is 0 Å². The Morgan fingerprint density at radius 1 is 0.815 bits per heavy atom. The van der Waals surface area contributed by atoms with Gasteiger partial charge in [-0.3, -0.25) is 0 Å². The second-order valence-electron chi connectivity index (χ2n) is 8.21. The average Bonchev–Trinajstić information content (AvgIpc) is 3.07. The zero-order valence-electron chi connectivity index (χ0n) is 15.8. The van der Waals surface area contributed by atoms with E-state index in [1.54, 1.807) is 6.07 Å². The van der Waals surface area contributed by atoms with E-state index in [2.05, 4.69) is 0 Å². The molecule has 5 heteroatoms. The molecule has 0 bridgehead atoms. The van der Waals surface area contributed by atoms with Crippen LogP contribution in [0.15, 0.2) is 52.9 Å². The SMILES string of the molecule is CC1(C)OB(c2cccc3ccc4oc5ccc(F)cc5c4c23)OC1(C)C. The molecule has 3 nitrogen and oxygen atoms in total. The zero-order chi connectivity index (χ0) is 19.0. The van der Waals surface area contributed by atoms with Crippen molar-refractivity contribution in [2.45, 2.75) is 38.9 Å². The van der Waals surface area contributed by atoms with Gasteiger partial charge in [0.1, 0.15) is 17.0 Å². The number of fused-ring (bicyclic) bond motifs is 5. The van der Waals surface area contributed by atoms with Gasteiger partial charge in [-0.05, 0) is 68.2 Å². The summed E-state index contributed by atoms with van der Waals surface area (Å²) in [7, 11) is -0.497. The van der Waals surface area contributed by atoms with Crippen LogP contribution >= 0.6 is 0 Å². The van der Waals surface area contributed by atoms with E-state index in [9.17, 15) is 4.39 Å². The van der Waals surface area contributed by atoms with Gasteiger partial charge >= 0.3 is 7.12 Å². The molecule has 2 heterocycles. The van der Waals surface area contributed by atoms with Crippen molar-refractivity contribution in [2.24, 2.45) is 0 Å². The Kier molecular flexibility index (Phi) is 3.32. The molecule has 1 fully saturated rings. The van der Waals surface area contributed by atoms with E-state index in [0.29, 0.717) is 5.58 Å². The normalized spacial score (nSPS) is 18.8. The fraction of sp³-hybridized carbons (Fsp3) is 0.273. The van der Waals surface area contributed by atoms with E-state index in [-0.39, 0.29) is 5.82 Å². The highest BCUT2D eigenvalue weighted by molar-refractivity contribution is 6.66. The highest BCUT2D eigenvalue weighted by Crippen LogP contribution is 2.39. The summed E-state index contributed by atoms with van der Waals surface area (Å²) in [6.07, 6.45) is 0. The Labute approximate surface area is 157 Å². The number of hydrogen-bond acceptors (Lipinski definition) is 3. The summed E-state index contributed by atoms with van der Waals surface area (Å²) in [6.45, 7) is 8.15. The summed E-state index contributed by atoms with van der Waals surface area (Å²) in [5, 5.41) is 3.69. The van der Waals surface area contributed by atoms with Crippen LogP contribution in [0.2, 0.25) is 0 Å². The van der Waals surface area contributed by atoms with E-state index < -0.39 is 18.3 Å². The highest BCUT2D eigenvalue weighted by atomic mass is 19.1. The third-order valence-corrected chi connectivity index (χ3v) is 5.98. The topological polar surface area (TPSA) is 31.6 Å². The molecule has 1 aliphatic rings. The number of furan rings is 1. The molecule has 1 aromatic heterocycles. The fourth-order valence-electron chi connectivity index (χ4n) is 3.81. The van der Waals surface area contributed by atoms with Crippen LogP contribution in [0, 0.1) is 5.82 Å². The lowest BCUT2D eigenvalue weighted by Gasteiger charge is -2.32. The number of hydrogen-bond donors (Lipinski definition) is 0. The third kappa shape index (κ3) is 2.35. The standard InChI is InChI=1S/C22H20BFO3/c1-21(2)22(3,4)27-23(26-21)16-7-5-6-13-8-10-18-20(19(13)16)15-12-14(24)9-11-17(15)25-18/h5-12H,1-4H3. The van der Waals surface area contributed by atoms with Gasteiger partial charge in [0.15, 0.2) is 0 Å². The summed E-state index contributed by atoms with van der Waals surface area (Å²) < 4.78 is 32.5. The Bertz CT molecular complexity index is 1190. The van der Waals surface area contributed by atoms with Gasteiger partial charge in [-0.15, -0.1) is 0 Å². The molecule has 136 valence electrons. The van der Waals surface area contributed by atoms with Crippen LogP contribution in [-0.4, -0.2) is 18.3 Å². The molecule has 1 saturated heterocycles. The minimum atomic E-state index is -0.497. The molecular formula is C22H20BFO3. The van der Waals surface area contributed by atoms with Crippen LogP contribution in [0.1, 0.15) is 27.7 Å². The number of benzene rings is 3. The monoisotopic (exact) mass is 362 g/mol. The molecule has 1 aliphatic heterocycles. The van der Waals surface area contributed by atoms with Crippen LogP contribution in [-0.2, 0) is 9.31 Å². The molecule has 5 rings (SSSR count). The summed E-state index contributed by atoms with van der Waals surface area (Å²) in [6, 6.07) is 14.6. The van der Waals surface area contributed by atoms with E-state index in [1.807, 2.05) is 58.0 Å². The van der Waals surface area contributed by atoms with E-state index >= 15 is 0 Å². The molecule has 0 N–H and O–H groups in total. The van der Waals surface area contributed by atoms with Crippen molar-refractivity contribution in [3.05, 3.63) is 54.3 Å². The second kappa shape index (κ2) is 5.34. The van der Waals surface area contributed by atoms with Crippen molar-refractivity contribution in [1.82, 2.24) is 0 Å². The predicted molar refractivity (Wildman–Crippen MR) is 107 cm³/mol. The second-order valence-corrected chi connectivity index (χ2v) is 8.21. The van der Waals surface area contributed by atoms with Crippen LogP contribution < -0.4 is 5.46 Å². The molecule has 3 aromatic carbocycles. The van der Waals surface area contributed by atoms with Crippen LogP contribution in [0.5, 0.6) is 0 Å². The Hall–Kier alpha value is -2.37. The lowest BCUT2D eigenvalue weighted by Crippen LogP contribution is -2.41. The molecule has 0 unspecified atom stereocenters. The smallest absolute Gasteiger partial charge is 0.456 e. The maximum Gasteiger partial charge on any atom is 0.495 e. The van der Waals surface area contributed by atoms with Gasteiger partial charge in [0.25, 0.3) is 0 Å². The van der Waals surface area contributed by atoms with Crippen LogP contribution in [0.25, 0.3) is 32.7 Å². The van der Waals surface area contributed by atoms with Crippen LogP contribution in [0.3, 0.4) is 0 Å². The average molecular weight is 362 g/mol. The molecule has 4 aromatic rings.